The number of hydrogen-bond acceptors (Lipinski definition) is 6. The molecule has 0 radical (unpaired) electrons. The molecular formula is C25H23F3N4O3. The van der Waals surface area contributed by atoms with Crippen LogP contribution in [-0.2, 0) is 12.7 Å². The fourth-order valence-electron chi connectivity index (χ4n) is 3.82. The molecule has 2 aromatic carbocycles. The molecule has 7 nitrogen and oxygen atoms in total. The van der Waals surface area contributed by atoms with Crippen LogP contribution in [0.15, 0.2) is 59.0 Å². The summed E-state index contributed by atoms with van der Waals surface area (Å²) < 4.78 is 50.7. The Morgan fingerprint density at radius 3 is 2.49 bits per heavy atom. The average molecular weight is 484 g/mol. The van der Waals surface area contributed by atoms with E-state index in [9.17, 15) is 18.0 Å². The molecule has 2 heterocycles. The molecule has 0 aliphatic heterocycles. The van der Waals surface area contributed by atoms with E-state index >= 15 is 0 Å². The summed E-state index contributed by atoms with van der Waals surface area (Å²) in [5.41, 5.74) is 6.06. The normalized spacial score (nSPS) is 12.5. The number of alkyl halides is 3. The lowest BCUT2D eigenvalue weighted by Crippen LogP contribution is -2.29. The van der Waals surface area contributed by atoms with Crippen LogP contribution in [0.1, 0.15) is 46.9 Å². The molecule has 0 unspecified atom stereocenters. The zero-order chi connectivity index (χ0) is 25.2. The molecule has 1 atom stereocenters. The van der Waals surface area contributed by atoms with Crippen molar-refractivity contribution < 1.29 is 27.1 Å². The molecule has 4 aromatic rings. The molecule has 1 amide bonds. The Hall–Kier alpha value is -3.92. The monoisotopic (exact) mass is 484 g/mol. The van der Waals surface area contributed by atoms with E-state index in [0.717, 1.165) is 11.6 Å². The maximum absolute atomic E-state index is 13.2. The van der Waals surface area contributed by atoms with Crippen LogP contribution in [0.3, 0.4) is 0 Å². The minimum absolute atomic E-state index is 0.00607. The second kappa shape index (κ2) is 9.75. The maximum Gasteiger partial charge on any atom is 0.433 e. The number of nitrogens with one attached hydrogen (secondary N) is 1. The van der Waals surface area contributed by atoms with Gasteiger partial charge in [0.1, 0.15) is 17.0 Å². The van der Waals surface area contributed by atoms with Crippen LogP contribution in [0.25, 0.3) is 22.4 Å². The highest BCUT2D eigenvalue weighted by molar-refractivity contribution is 5.98. The fraction of sp³-hybridized carbons (Fsp3) is 0.240. The number of methoxy groups -OCH3 is 1. The summed E-state index contributed by atoms with van der Waals surface area (Å²) in [6.07, 6.45) is -3.97. The van der Waals surface area contributed by atoms with Gasteiger partial charge in [0.05, 0.1) is 19.7 Å². The summed E-state index contributed by atoms with van der Waals surface area (Å²) in [5, 5.41) is 3.27. The number of ether oxygens (including phenoxy) is 1. The molecule has 182 valence electrons. The van der Waals surface area contributed by atoms with Crippen molar-refractivity contribution in [2.75, 3.05) is 7.11 Å². The van der Waals surface area contributed by atoms with Crippen LogP contribution in [-0.4, -0.2) is 23.0 Å². The van der Waals surface area contributed by atoms with E-state index < -0.39 is 17.8 Å². The zero-order valence-electron chi connectivity index (χ0n) is 19.0. The van der Waals surface area contributed by atoms with Gasteiger partial charge in [0, 0.05) is 10.9 Å². The van der Waals surface area contributed by atoms with E-state index in [4.69, 9.17) is 14.9 Å². The van der Waals surface area contributed by atoms with Gasteiger partial charge in [-0.15, -0.1) is 0 Å². The molecule has 0 saturated carbocycles. The summed E-state index contributed by atoms with van der Waals surface area (Å²) in [6.45, 7) is 1.85. The summed E-state index contributed by atoms with van der Waals surface area (Å²) in [7, 11) is 1.34. The maximum atomic E-state index is 13.2. The fourth-order valence-corrected chi connectivity index (χ4v) is 3.82. The molecule has 0 aliphatic carbocycles. The highest BCUT2D eigenvalue weighted by Gasteiger charge is 2.33. The van der Waals surface area contributed by atoms with Gasteiger partial charge in [-0.25, -0.2) is 9.97 Å². The number of rotatable bonds is 7. The van der Waals surface area contributed by atoms with E-state index in [1.807, 2.05) is 37.3 Å². The lowest BCUT2D eigenvalue weighted by molar-refractivity contribution is -0.140. The van der Waals surface area contributed by atoms with Crippen molar-refractivity contribution in [3.8, 4) is 17.2 Å². The molecule has 0 bridgehead atoms. The van der Waals surface area contributed by atoms with Gasteiger partial charge in [0.15, 0.2) is 11.5 Å². The topological polar surface area (TPSA) is 103 Å². The van der Waals surface area contributed by atoms with Gasteiger partial charge >= 0.3 is 6.18 Å². The smallest absolute Gasteiger partial charge is 0.433 e. The largest absolute Gasteiger partial charge is 0.494 e. The standard InChI is InChI=1S/C25H23F3N4O3/c1-3-17(14-7-5-4-6-8-14)30-23(33)22-19(13-29)35-24(32-22)16-9-11-18(34-2)21-15(16)10-12-20(31-21)25(26,27)28/h4-12,17H,3,13,29H2,1-2H3,(H,30,33)/t17-/m1/s1. The SMILES string of the molecule is CC[C@@H](NC(=O)c1nc(-c2ccc(OC)c3nc(C(F)(F)F)ccc23)oc1CN)c1ccccc1. The third-order valence-electron chi connectivity index (χ3n) is 5.57. The molecule has 10 heteroatoms. The lowest BCUT2D eigenvalue weighted by Gasteiger charge is -2.16. The first kappa shape index (κ1) is 24.2. The Morgan fingerprint density at radius 1 is 1.11 bits per heavy atom. The van der Waals surface area contributed by atoms with E-state index in [1.165, 1.54) is 19.2 Å². The van der Waals surface area contributed by atoms with Crippen LogP contribution < -0.4 is 15.8 Å². The molecular weight excluding hydrogens is 461 g/mol. The highest BCUT2D eigenvalue weighted by atomic mass is 19.4. The second-order valence-corrected chi connectivity index (χ2v) is 7.75. The van der Waals surface area contributed by atoms with Crippen molar-refractivity contribution in [1.82, 2.24) is 15.3 Å². The highest BCUT2D eigenvalue weighted by Crippen LogP contribution is 2.37. The number of aromatic nitrogens is 2. The first-order chi connectivity index (χ1) is 16.8. The van der Waals surface area contributed by atoms with Crippen LogP contribution in [0, 0.1) is 0 Å². The molecule has 0 saturated heterocycles. The van der Waals surface area contributed by atoms with Crippen molar-refractivity contribution in [1.29, 1.82) is 0 Å². The van der Waals surface area contributed by atoms with Crippen LogP contribution >= 0.6 is 0 Å². The number of amides is 1. The Morgan fingerprint density at radius 2 is 1.86 bits per heavy atom. The number of fused-ring (bicyclic) bond motifs is 1. The van der Waals surface area contributed by atoms with Crippen LogP contribution in [0.4, 0.5) is 13.2 Å². The van der Waals surface area contributed by atoms with Gasteiger partial charge in [0.25, 0.3) is 5.91 Å². The molecule has 0 fully saturated rings. The van der Waals surface area contributed by atoms with Crippen LogP contribution in [0.2, 0.25) is 0 Å². The Bertz CT molecular complexity index is 1350. The summed E-state index contributed by atoms with van der Waals surface area (Å²) >= 11 is 0. The molecule has 3 N–H and O–H groups in total. The Balaban J connectivity index is 1.75. The van der Waals surface area contributed by atoms with Crippen molar-refractivity contribution in [3.05, 3.63) is 77.3 Å². The van der Waals surface area contributed by atoms with Gasteiger partial charge < -0.3 is 20.2 Å². The number of hydrogen-bond donors (Lipinski definition) is 2. The molecule has 4 rings (SSSR count). The number of oxazole rings is 1. The minimum Gasteiger partial charge on any atom is -0.494 e. The van der Waals surface area contributed by atoms with Crippen molar-refractivity contribution >= 4 is 16.8 Å². The zero-order valence-corrected chi connectivity index (χ0v) is 19.0. The number of benzene rings is 2. The quantitative estimate of drug-likeness (QED) is 0.371. The second-order valence-electron chi connectivity index (χ2n) is 7.75. The molecule has 0 spiro atoms. The molecule has 2 aromatic heterocycles. The average Bonchev–Trinajstić information content (AvgIpc) is 3.30. The van der Waals surface area contributed by atoms with E-state index in [2.05, 4.69) is 15.3 Å². The number of nitrogens with two attached hydrogens (primary N) is 1. The van der Waals surface area contributed by atoms with E-state index in [-0.39, 0.29) is 41.2 Å². The van der Waals surface area contributed by atoms with Gasteiger partial charge in [0.2, 0.25) is 5.89 Å². The predicted molar refractivity (Wildman–Crippen MR) is 124 cm³/mol. The summed E-state index contributed by atoms with van der Waals surface area (Å²) in [6, 6.07) is 14.4. The van der Waals surface area contributed by atoms with E-state index in [1.54, 1.807) is 6.07 Å². The van der Waals surface area contributed by atoms with Crippen molar-refractivity contribution in [2.45, 2.75) is 32.1 Å². The van der Waals surface area contributed by atoms with Gasteiger partial charge in [-0.05, 0) is 36.2 Å². The third-order valence-corrected chi connectivity index (χ3v) is 5.57. The molecule has 0 aliphatic rings. The van der Waals surface area contributed by atoms with Gasteiger partial charge in [-0.2, -0.15) is 13.2 Å². The van der Waals surface area contributed by atoms with Crippen molar-refractivity contribution in [3.63, 3.8) is 0 Å². The first-order valence-electron chi connectivity index (χ1n) is 10.9. The first-order valence-corrected chi connectivity index (χ1v) is 10.9. The van der Waals surface area contributed by atoms with Gasteiger partial charge in [-0.1, -0.05) is 37.3 Å². The summed E-state index contributed by atoms with van der Waals surface area (Å²) in [4.78, 5) is 21.2. The lowest BCUT2D eigenvalue weighted by atomic mass is 10.0. The van der Waals surface area contributed by atoms with Gasteiger partial charge in [-0.3, -0.25) is 4.79 Å². The van der Waals surface area contributed by atoms with E-state index in [0.29, 0.717) is 17.4 Å². The minimum atomic E-state index is -4.62. The summed E-state index contributed by atoms with van der Waals surface area (Å²) in [5.74, 6) is -0.111. The number of nitrogens with zero attached hydrogens (tertiary/aromatic N) is 2. The number of halogens is 3. The predicted octanol–water partition coefficient (Wildman–Crippen LogP) is 5.26. The van der Waals surface area contributed by atoms with Crippen LogP contribution in [0.5, 0.6) is 5.75 Å². The molecule has 35 heavy (non-hydrogen) atoms. The number of carbonyl (C=O) groups excluding carboxylic acids is 1. The Labute approximate surface area is 199 Å². The van der Waals surface area contributed by atoms with Crippen molar-refractivity contribution in [2.24, 2.45) is 5.73 Å². The number of pyridine rings is 1. The number of carbonyl (C=O) groups is 1. The Kier molecular flexibility index (Phi) is 6.74. The third kappa shape index (κ3) is 4.83.